The number of carbonyl (C=O) groups excluding carboxylic acids is 2. The molecule has 0 aliphatic heterocycles. The van der Waals surface area contributed by atoms with E-state index in [0.717, 1.165) is 46.3 Å². The second kappa shape index (κ2) is 9.58. The number of aromatic nitrogens is 1. The highest BCUT2D eigenvalue weighted by atomic mass is 16.5. The number of hydrogen-bond acceptors (Lipinski definition) is 4. The fourth-order valence-electron chi connectivity index (χ4n) is 4.07. The predicted molar refractivity (Wildman–Crippen MR) is 136 cm³/mol. The van der Waals surface area contributed by atoms with Gasteiger partial charge in [0.15, 0.2) is 0 Å². The Bertz CT molecular complexity index is 1380. The number of nitrogens with one attached hydrogen (secondary N) is 1. The van der Waals surface area contributed by atoms with E-state index < -0.39 is 0 Å². The van der Waals surface area contributed by atoms with E-state index >= 15 is 0 Å². The smallest absolute Gasteiger partial charge is 0.254 e. The van der Waals surface area contributed by atoms with Crippen molar-refractivity contribution >= 4 is 22.7 Å². The van der Waals surface area contributed by atoms with E-state index in [1.165, 1.54) is 0 Å². The molecule has 0 spiro atoms. The minimum absolute atomic E-state index is 0.0437. The second-order valence-electron chi connectivity index (χ2n) is 8.91. The van der Waals surface area contributed by atoms with E-state index in [1.807, 2.05) is 78.9 Å². The predicted octanol–water partition coefficient (Wildman–Crippen LogP) is 5.07. The summed E-state index contributed by atoms with van der Waals surface area (Å²) in [6.07, 6.45) is 2.11. The highest BCUT2D eigenvalue weighted by Crippen LogP contribution is 2.27. The molecule has 3 aromatic carbocycles. The SMILES string of the molecule is COc1ccc(-c2cc(C(=O)N(C)Cc3ccc(C(=O)NC4CC4)cc3)c3ccccc3n2)cc1. The Morgan fingerprint density at radius 1 is 1.00 bits per heavy atom. The van der Waals surface area contributed by atoms with Gasteiger partial charge in [-0.15, -0.1) is 0 Å². The molecule has 5 rings (SSSR count). The Balaban J connectivity index is 1.39. The van der Waals surface area contributed by atoms with Crippen molar-refractivity contribution in [3.05, 3.63) is 95.6 Å². The monoisotopic (exact) mass is 465 g/mol. The molecule has 0 radical (unpaired) electrons. The third-order valence-corrected chi connectivity index (χ3v) is 6.23. The van der Waals surface area contributed by atoms with E-state index in [4.69, 9.17) is 9.72 Å². The Kier molecular flexibility index (Phi) is 6.19. The molecule has 1 aliphatic carbocycles. The summed E-state index contributed by atoms with van der Waals surface area (Å²) in [6, 6.07) is 24.9. The number of nitrogens with zero attached hydrogens (tertiary/aromatic N) is 2. The van der Waals surface area contributed by atoms with Crippen LogP contribution in [-0.2, 0) is 6.54 Å². The first kappa shape index (κ1) is 22.6. The lowest BCUT2D eigenvalue weighted by Gasteiger charge is -2.19. The topological polar surface area (TPSA) is 71.5 Å². The van der Waals surface area contributed by atoms with Crippen molar-refractivity contribution in [1.29, 1.82) is 0 Å². The number of ether oxygens (including phenoxy) is 1. The molecule has 35 heavy (non-hydrogen) atoms. The van der Waals surface area contributed by atoms with Crippen molar-refractivity contribution < 1.29 is 14.3 Å². The van der Waals surface area contributed by atoms with Crippen molar-refractivity contribution in [2.75, 3.05) is 14.2 Å². The van der Waals surface area contributed by atoms with E-state index in [-0.39, 0.29) is 11.8 Å². The largest absolute Gasteiger partial charge is 0.497 e. The average molecular weight is 466 g/mol. The second-order valence-corrected chi connectivity index (χ2v) is 8.91. The summed E-state index contributed by atoms with van der Waals surface area (Å²) in [7, 11) is 3.42. The summed E-state index contributed by atoms with van der Waals surface area (Å²) in [5.74, 6) is 0.633. The molecule has 6 nitrogen and oxygen atoms in total. The number of methoxy groups -OCH3 is 1. The van der Waals surface area contributed by atoms with Crippen LogP contribution >= 0.6 is 0 Å². The summed E-state index contributed by atoms with van der Waals surface area (Å²) in [6.45, 7) is 0.428. The summed E-state index contributed by atoms with van der Waals surface area (Å²) < 4.78 is 5.26. The van der Waals surface area contributed by atoms with Gasteiger partial charge in [-0.25, -0.2) is 4.98 Å². The van der Waals surface area contributed by atoms with Crippen molar-refractivity contribution in [2.45, 2.75) is 25.4 Å². The Hall–Kier alpha value is -4.19. The number of amides is 2. The number of hydrogen-bond donors (Lipinski definition) is 1. The molecule has 1 aromatic heterocycles. The highest BCUT2D eigenvalue weighted by molar-refractivity contribution is 6.07. The van der Waals surface area contributed by atoms with Crippen LogP contribution in [0.4, 0.5) is 0 Å². The number of pyridine rings is 1. The maximum absolute atomic E-state index is 13.6. The lowest BCUT2D eigenvalue weighted by atomic mass is 10.0. The Labute approximate surface area is 204 Å². The van der Waals surface area contributed by atoms with Gasteiger partial charge in [0.05, 0.1) is 23.9 Å². The average Bonchev–Trinajstić information content (AvgIpc) is 3.72. The molecular formula is C29H27N3O3. The van der Waals surface area contributed by atoms with Gasteiger partial charge in [0.2, 0.25) is 0 Å². The third kappa shape index (κ3) is 5.01. The van der Waals surface area contributed by atoms with Crippen molar-refractivity contribution in [2.24, 2.45) is 0 Å². The molecule has 0 bridgehead atoms. The van der Waals surface area contributed by atoms with Crippen LogP contribution in [0.1, 0.15) is 39.1 Å². The van der Waals surface area contributed by atoms with Gasteiger partial charge in [-0.2, -0.15) is 0 Å². The zero-order chi connectivity index (χ0) is 24.4. The Morgan fingerprint density at radius 2 is 1.71 bits per heavy atom. The number of benzene rings is 3. The summed E-state index contributed by atoms with van der Waals surface area (Å²) in [4.78, 5) is 32.3. The number of para-hydroxylation sites is 1. The van der Waals surface area contributed by atoms with Gasteiger partial charge >= 0.3 is 0 Å². The van der Waals surface area contributed by atoms with Crippen LogP contribution in [0.25, 0.3) is 22.2 Å². The molecule has 1 fully saturated rings. The summed E-state index contributed by atoms with van der Waals surface area (Å²) >= 11 is 0. The van der Waals surface area contributed by atoms with Crippen LogP contribution in [0.2, 0.25) is 0 Å². The molecule has 0 saturated heterocycles. The van der Waals surface area contributed by atoms with Crippen molar-refractivity contribution in [3.63, 3.8) is 0 Å². The normalized spacial score (nSPS) is 12.9. The lowest BCUT2D eigenvalue weighted by molar-refractivity contribution is 0.0786. The summed E-state index contributed by atoms with van der Waals surface area (Å²) in [5.41, 5.74) is 4.60. The van der Waals surface area contributed by atoms with Crippen molar-refractivity contribution in [1.82, 2.24) is 15.2 Å². The number of rotatable bonds is 7. The fraction of sp³-hybridized carbons (Fsp3) is 0.207. The van der Waals surface area contributed by atoms with E-state index in [9.17, 15) is 9.59 Å². The highest BCUT2D eigenvalue weighted by Gasteiger charge is 2.24. The lowest BCUT2D eigenvalue weighted by Crippen LogP contribution is -2.27. The maximum Gasteiger partial charge on any atom is 0.254 e. The zero-order valence-electron chi connectivity index (χ0n) is 19.8. The third-order valence-electron chi connectivity index (χ3n) is 6.23. The molecule has 1 aliphatic rings. The van der Waals surface area contributed by atoms with Gasteiger partial charge < -0.3 is 15.0 Å². The first-order chi connectivity index (χ1) is 17.0. The minimum Gasteiger partial charge on any atom is -0.497 e. The van der Waals surface area contributed by atoms with Crippen LogP contribution < -0.4 is 10.1 Å². The minimum atomic E-state index is -0.0890. The molecule has 176 valence electrons. The molecule has 6 heteroatoms. The standard InChI is InChI=1S/C29H27N3O3/c1-32(18-19-7-9-21(10-8-19)28(33)30-22-13-14-22)29(34)25-17-27(20-11-15-23(35-2)16-12-20)31-26-6-4-3-5-24(25)26/h3-12,15-17,22H,13-14,18H2,1-2H3,(H,30,33). The zero-order valence-corrected chi connectivity index (χ0v) is 19.8. The van der Waals surface area contributed by atoms with E-state index in [0.29, 0.717) is 23.7 Å². The van der Waals surface area contributed by atoms with Crippen LogP contribution in [0.3, 0.4) is 0 Å². The van der Waals surface area contributed by atoms with Gasteiger partial charge in [0, 0.05) is 36.1 Å². The quantitative estimate of drug-likeness (QED) is 0.413. The van der Waals surface area contributed by atoms with Crippen molar-refractivity contribution in [3.8, 4) is 17.0 Å². The molecule has 4 aromatic rings. The van der Waals surface area contributed by atoms with Gasteiger partial charge in [0.1, 0.15) is 5.75 Å². The molecule has 0 unspecified atom stereocenters. The molecule has 1 heterocycles. The van der Waals surface area contributed by atoms with Crippen LogP contribution in [-0.4, -0.2) is 41.9 Å². The molecular weight excluding hydrogens is 438 g/mol. The number of fused-ring (bicyclic) bond motifs is 1. The van der Waals surface area contributed by atoms with Crippen LogP contribution in [0, 0.1) is 0 Å². The molecule has 1 saturated carbocycles. The van der Waals surface area contributed by atoms with Gasteiger partial charge in [-0.05, 0) is 66.9 Å². The van der Waals surface area contributed by atoms with Gasteiger partial charge in [-0.1, -0.05) is 30.3 Å². The first-order valence-corrected chi connectivity index (χ1v) is 11.7. The van der Waals surface area contributed by atoms with Gasteiger partial charge in [0.25, 0.3) is 11.8 Å². The van der Waals surface area contributed by atoms with Crippen LogP contribution in [0.15, 0.2) is 78.9 Å². The summed E-state index contributed by atoms with van der Waals surface area (Å²) in [5, 5.41) is 3.81. The molecule has 2 amide bonds. The maximum atomic E-state index is 13.6. The molecule has 0 atom stereocenters. The first-order valence-electron chi connectivity index (χ1n) is 11.7. The van der Waals surface area contributed by atoms with E-state index in [2.05, 4.69) is 5.32 Å². The fourth-order valence-corrected chi connectivity index (χ4v) is 4.07. The van der Waals surface area contributed by atoms with Crippen LogP contribution in [0.5, 0.6) is 5.75 Å². The Morgan fingerprint density at radius 3 is 2.40 bits per heavy atom. The van der Waals surface area contributed by atoms with E-state index in [1.54, 1.807) is 19.1 Å². The number of carbonyl (C=O) groups is 2. The molecule has 1 N–H and O–H groups in total. The van der Waals surface area contributed by atoms with Gasteiger partial charge in [-0.3, -0.25) is 9.59 Å².